The maximum Gasteiger partial charge on any atom is 0.255 e. The number of hydrogen-bond acceptors (Lipinski definition) is 7. The fourth-order valence-electron chi connectivity index (χ4n) is 6.27. The van der Waals surface area contributed by atoms with Crippen molar-refractivity contribution in [3.8, 4) is 28.7 Å². The van der Waals surface area contributed by atoms with Crippen LogP contribution < -0.4 is 19.5 Å². The van der Waals surface area contributed by atoms with Gasteiger partial charge in [0.25, 0.3) is 5.91 Å². The third-order valence-corrected chi connectivity index (χ3v) is 8.73. The number of benzene rings is 3. The Kier molecular flexibility index (Phi) is 8.38. The molecule has 234 valence electrons. The van der Waals surface area contributed by atoms with Gasteiger partial charge in [0.15, 0.2) is 11.5 Å². The molecule has 10 nitrogen and oxygen atoms in total. The van der Waals surface area contributed by atoms with E-state index in [1.165, 1.54) is 12.1 Å². The number of fused-ring (bicyclic) bond motifs is 6. The van der Waals surface area contributed by atoms with Gasteiger partial charge in [0, 0.05) is 32.3 Å². The first-order chi connectivity index (χ1) is 21.7. The van der Waals surface area contributed by atoms with Crippen LogP contribution in [0.15, 0.2) is 54.6 Å². The number of amides is 2. The van der Waals surface area contributed by atoms with E-state index in [-0.39, 0.29) is 23.3 Å². The Morgan fingerprint density at radius 1 is 1.11 bits per heavy atom. The molecule has 1 unspecified atom stereocenters. The van der Waals surface area contributed by atoms with Crippen molar-refractivity contribution in [2.75, 3.05) is 26.8 Å². The number of rotatable bonds is 4. The second kappa shape index (κ2) is 12.6. The number of phenolic OH excluding ortho intramolecular Hbond substituents is 1. The zero-order valence-electron chi connectivity index (χ0n) is 26.1. The van der Waals surface area contributed by atoms with Crippen molar-refractivity contribution < 1.29 is 28.9 Å². The van der Waals surface area contributed by atoms with Crippen LogP contribution in [0.4, 0.5) is 0 Å². The minimum atomic E-state index is -0.398. The molecule has 7 rings (SSSR count). The Hall–Kier alpha value is -4.99. The van der Waals surface area contributed by atoms with Crippen LogP contribution in [0.25, 0.3) is 0 Å². The fourth-order valence-corrected chi connectivity index (χ4v) is 6.27. The van der Waals surface area contributed by atoms with Crippen molar-refractivity contribution in [1.29, 1.82) is 0 Å². The topological polar surface area (TPSA) is 115 Å². The Bertz CT molecular complexity index is 1760. The van der Waals surface area contributed by atoms with Crippen LogP contribution in [-0.4, -0.2) is 58.4 Å². The maximum absolute atomic E-state index is 14.0. The molecule has 8 bridgehead atoms. The van der Waals surface area contributed by atoms with Crippen molar-refractivity contribution in [1.82, 2.24) is 20.0 Å². The quantitative estimate of drug-likeness (QED) is 0.328. The van der Waals surface area contributed by atoms with Crippen LogP contribution in [0, 0.1) is 13.8 Å². The molecule has 0 fully saturated rings. The minimum Gasteiger partial charge on any atom is -0.507 e. The summed E-state index contributed by atoms with van der Waals surface area (Å²) >= 11 is 0. The van der Waals surface area contributed by atoms with Gasteiger partial charge in [0.05, 0.1) is 31.0 Å². The highest BCUT2D eigenvalue weighted by atomic mass is 16.5. The third-order valence-electron chi connectivity index (χ3n) is 8.73. The number of nitrogens with one attached hydrogen (secondary N) is 1. The van der Waals surface area contributed by atoms with E-state index >= 15 is 0 Å². The molecule has 0 spiro atoms. The second-order valence-electron chi connectivity index (χ2n) is 11.5. The second-order valence-corrected chi connectivity index (χ2v) is 11.5. The van der Waals surface area contributed by atoms with Gasteiger partial charge in [-0.1, -0.05) is 12.1 Å². The van der Waals surface area contributed by atoms with E-state index < -0.39 is 5.91 Å². The highest BCUT2D eigenvalue weighted by Crippen LogP contribution is 2.41. The largest absolute Gasteiger partial charge is 0.507 e. The van der Waals surface area contributed by atoms with Gasteiger partial charge in [-0.25, -0.2) is 0 Å². The van der Waals surface area contributed by atoms with Crippen LogP contribution in [0.1, 0.15) is 62.9 Å². The molecule has 1 aromatic heterocycles. The van der Waals surface area contributed by atoms with Crippen molar-refractivity contribution >= 4 is 11.8 Å². The van der Waals surface area contributed by atoms with E-state index in [4.69, 9.17) is 14.2 Å². The Labute approximate surface area is 262 Å². The molecule has 0 saturated carbocycles. The third kappa shape index (κ3) is 6.05. The summed E-state index contributed by atoms with van der Waals surface area (Å²) in [4.78, 5) is 28.8. The molecule has 3 aliphatic heterocycles. The monoisotopic (exact) mass is 610 g/mol. The first kappa shape index (κ1) is 30.1. The van der Waals surface area contributed by atoms with Crippen LogP contribution in [-0.2, 0) is 24.7 Å². The lowest BCUT2D eigenvalue weighted by Gasteiger charge is -2.38. The molecule has 1 atom stereocenters. The summed E-state index contributed by atoms with van der Waals surface area (Å²) in [7, 11) is 3.52. The molecule has 45 heavy (non-hydrogen) atoms. The average Bonchev–Trinajstić information content (AvgIpc) is 3.28. The van der Waals surface area contributed by atoms with Crippen LogP contribution in [0.5, 0.6) is 28.7 Å². The summed E-state index contributed by atoms with van der Waals surface area (Å²) in [5.41, 5.74) is 6.27. The van der Waals surface area contributed by atoms with Crippen LogP contribution in [0.3, 0.4) is 0 Å². The van der Waals surface area contributed by atoms with Crippen molar-refractivity contribution in [2.45, 2.75) is 45.6 Å². The number of nitrogens with zero attached hydrogens (tertiary/aromatic N) is 3. The molecule has 4 heterocycles. The SMILES string of the molecule is COc1ccc2cc1OCCCNC(=O)c1cc(ccc1O)Oc1ccc3c(c1)CCN(C(=O)CCc1c(C)nn(C)c1C)C23. The summed E-state index contributed by atoms with van der Waals surface area (Å²) in [6.45, 7) is 5.23. The Morgan fingerprint density at radius 3 is 2.69 bits per heavy atom. The van der Waals surface area contributed by atoms with E-state index in [0.29, 0.717) is 68.4 Å². The fraction of sp³-hybridized carbons (Fsp3) is 0.343. The highest BCUT2D eigenvalue weighted by Gasteiger charge is 2.33. The van der Waals surface area contributed by atoms with Crippen LogP contribution >= 0.6 is 0 Å². The maximum atomic E-state index is 14.0. The van der Waals surface area contributed by atoms with Gasteiger partial charge < -0.3 is 29.5 Å². The van der Waals surface area contributed by atoms with E-state index in [9.17, 15) is 14.7 Å². The Balaban J connectivity index is 1.39. The molecule has 0 saturated heterocycles. The minimum absolute atomic E-state index is 0.0708. The number of aromatic hydroxyl groups is 1. The van der Waals surface area contributed by atoms with Gasteiger partial charge in [0.2, 0.25) is 5.91 Å². The predicted octanol–water partition coefficient (Wildman–Crippen LogP) is 5.16. The van der Waals surface area contributed by atoms with Gasteiger partial charge in [-0.15, -0.1) is 0 Å². The standard InChI is InChI=1S/C35H38N4O6/c1-21-27(22(2)38(3)37-21)10-13-33(41)39-16-14-23-18-25-7-9-28(23)34(39)24-6-12-31(43-4)32(19-24)44-17-5-15-36-35(42)29-20-26(45-25)8-11-30(29)40/h6-9,11-12,18-20,34,40H,5,10,13-17H2,1-4H3,(H,36,42). The lowest BCUT2D eigenvalue weighted by molar-refractivity contribution is -0.133. The van der Waals surface area contributed by atoms with Gasteiger partial charge in [0.1, 0.15) is 17.2 Å². The van der Waals surface area contributed by atoms with E-state index in [0.717, 1.165) is 33.6 Å². The molecular formula is C35H38N4O6. The van der Waals surface area contributed by atoms with Crippen LogP contribution in [0.2, 0.25) is 0 Å². The summed E-state index contributed by atoms with van der Waals surface area (Å²) in [5.74, 6) is 1.73. The van der Waals surface area contributed by atoms with Crippen molar-refractivity contribution in [3.05, 3.63) is 93.8 Å². The van der Waals surface area contributed by atoms with Gasteiger partial charge >= 0.3 is 0 Å². The number of aryl methyl sites for hydroxylation is 2. The first-order valence-corrected chi connectivity index (χ1v) is 15.2. The number of carbonyl (C=O) groups excluding carboxylic acids is 2. The van der Waals surface area contributed by atoms with Gasteiger partial charge in [-0.2, -0.15) is 5.10 Å². The molecule has 3 aromatic carbocycles. The summed E-state index contributed by atoms with van der Waals surface area (Å²) in [5, 5.41) is 17.7. The van der Waals surface area contributed by atoms with E-state index in [2.05, 4.69) is 10.4 Å². The molecular weight excluding hydrogens is 572 g/mol. The lowest BCUT2D eigenvalue weighted by atomic mass is 9.87. The normalized spacial score (nSPS) is 16.2. The number of ether oxygens (including phenoxy) is 3. The number of carbonyl (C=O) groups is 2. The molecule has 0 radical (unpaired) electrons. The van der Waals surface area contributed by atoms with Crippen molar-refractivity contribution in [2.24, 2.45) is 7.05 Å². The molecule has 0 aliphatic carbocycles. The van der Waals surface area contributed by atoms with E-state index in [1.54, 1.807) is 13.2 Å². The van der Waals surface area contributed by atoms with Gasteiger partial charge in [-0.3, -0.25) is 14.3 Å². The number of aromatic nitrogens is 2. The average molecular weight is 611 g/mol. The predicted molar refractivity (Wildman–Crippen MR) is 168 cm³/mol. The summed E-state index contributed by atoms with van der Waals surface area (Å²) in [6.07, 6.45) is 2.18. The van der Waals surface area contributed by atoms with Gasteiger partial charge in [-0.05, 0) is 97.8 Å². The number of methoxy groups -OCH3 is 1. The Morgan fingerprint density at radius 2 is 1.91 bits per heavy atom. The highest BCUT2D eigenvalue weighted by molar-refractivity contribution is 5.97. The molecule has 10 heteroatoms. The molecule has 4 aromatic rings. The zero-order valence-corrected chi connectivity index (χ0v) is 26.1. The van der Waals surface area contributed by atoms with Crippen molar-refractivity contribution in [3.63, 3.8) is 0 Å². The summed E-state index contributed by atoms with van der Waals surface area (Å²) in [6, 6.07) is 16.0. The molecule has 2 N–H and O–H groups in total. The number of hydrogen-bond donors (Lipinski definition) is 2. The van der Waals surface area contributed by atoms with E-state index in [1.807, 2.05) is 66.9 Å². The summed E-state index contributed by atoms with van der Waals surface area (Å²) < 4.78 is 19.8. The lowest BCUT2D eigenvalue weighted by Crippen LogP contribution is -2.40. The molecule has 3 aliphatic rings. The zero-order chi connectivity index (χ0) is 31.7. The first-order valence-electron chi connectivity index (χ1n) is 15.2. The molecule has 2 amide bonds. The smallest absolute Gasteiger partial charge is 0.255 e. The number of phenols is 1.